The van der Waals surface area contributed by atoms with Crippen LogP contribution in [0.15, 0.2) is 4.52 Å². The number of halogens is 1. The molecular formula is C13H22ClN3O. The largest absolute Gasteiger partial charge is 0.361 e. The molecule has 0 saturated carbocycles. The van der Waals surface area contributed by atoms with Gasteiger partial charge in [0.1, 0.15) is 5.76 Å². The maximum Gasteiger partial charge on any atom is 0.138 e. The summed E-state index contributed by atoms with van der Waals surface area (Å²) in [6.45, 7) is 9.88. The number of rotatable bonds is 2. The normalized spacial score (nSPS) is 27.9. The first-order chi connectivity index (χ1) is 8.19. The van der Waals surface area contributed by atoms with Crippen molar-refractivity contribution in [2.75, 3.05) is 26.2 Å². The van der Waals surface area contributed by atoms with Gasteiger partial charge in [-0.25, -0.2) is 0 Å². The van der Waals surface area contributed by atoms with Crippen LogP contribution in [0.4, 0.5) is 0 Å². The van der Waals surface area contributed by atoms with Gasteiger partial charge in [0.05, 0.1) is 5.69 Å². The molecule has 4 nitrogen and oxygen atoms in total. The van der Waals surface area contributed by atoms with Gasteiger partial charge in [0.2, 0.25) is 0 Å². The number of hydrogen-bond donors (Lipinski definition) is 1. The third-order valence-corrected chi connectivity index (χ3v) is 4.41. The number of likely N-dealkylation sites (tertiary alicyclic amines) is 1. The fourth-order valence-corrected chi connectivity index (χ4v) is 3.26. The molecule has 0 amide bonds. The highest BCUT2D eigenvalue weighted by atomic mass is 35.5. The Morgan fingerprint density at radius 1 is 1.39 bits per heavy atom. The Labute approximate surface area is 114 Å². The predicted molar refractivity (Wildman–Crippen MR) is 73.0 cm³/mol. The van der Waals surface area contributed by atoms with Crippen molar-refractivity contribution < 1.29 is 4.52 Å². The standard InChI is InChI=1S/C13H21N3O.ClH/c1-10-12(11(2)17-15-10)7-16-6-4-13(9-16)3-5-14-8-13;/h14H,3-9H2,1-2H3;1H. The van der Waals surface area contributed by atoms with E-state index in [4.69, 9.17) is 4.52 Å². The molecule has 18 heavy (non-hydrogen) atoms. The summed E-state index contributed by atoms with van der Waals surface area (Å²) in [6.07, 6.45) is 2.68. The minimum Gasteiger partial charge on any atom is -0.361 e. The van der Waals surface area contributed by atoms with Crippen LogP contribution in [0.3, 0.4) is 0 Å². The highest BCUT2D eigenvalue weighted by Gasteiger charge is 2.40. The average molecular weight is 272 g/mol. The van der Waals surface area contributed by atoms with E-state index in [1.54, 1.807) is 0 Å². The van der Waals surface area contributed by atoms with Crippen molar-refractivity contribution in [1.29, 1.82) is 0 Å². The molecule has 0 bridgehead atoms. The van der Waals surface area contributed by atoms with Gasteiger partial charge in [0.25, 0.3) is 0 Å². The molecule has 2 aliphatic heterocycles. The predicted octanol–water partition coefficient (Wildman–Crippen LogP) is 1.90. The van der Waals surface area contributed by atoms with Crippen LogP contribution in [0.5, 0.6) is 0 Å². The molecule has 1 spiro atoms. The van der Waals surface area contributed by atoms with Gasteiger partial charge >= 0.3 is 0 Å². The first-order valence-electron chi connectivity index (χ1n) is 6.53. The molecule has 2 fully saturated rings. The molecule has 2 aliphatic rings. The van der Waals surface area contributed by atoms with Crippen molar-refractivity contribution in [3.63, 3.8) is 0 Å². The number of hydrogen-bond acceptors (Lipinski definition) is 4. The van der Waals surface area contributed by atoms with Crippen molar-refractivity contribution in [2.45, 2.75) is 33.2 Å². The van der Waals surface area contributed by atoms with Crippen LogP contribution in [0.2, 0.25) is 0 Å². The second kappa shape index (κ2) is 5.19. The molecule has 102 valence electrons. The molecule has 0 aliphatic carbocycles. The Bertz CT molecular complexity index is 393. The number of aromatic nitrogens is 1. The van der Waals surface area contributed by atoms with Gasteiger partial charge in [0, 0.05) is 25.2 Å². The van der Waals surface area contributed by atoms with Gasteiger partial charge in [-0.3, -0.25) is 4.90 Å². The lowest BCUT2D eigenvalue weighted by atomic mass is 9.86. The van der Waals surface area contributed by atoms with E-state index in [0.717, 1.165) is 18.0 Å². The summed E-state index contributed by atoms with van der Waals surface area (Å²) in [5, 5.41) is 7.53. The Balaban J connectivity index is 0.00000120. The monoisotopic (exact) mass is 271 g/mol. The minimum atomic E-state index is 0. The van der Waals surface area contributed by atoms with Crippen LogP contribution >= 0.6 is 12.4 Å². The molecule has 0 radical (unpaired) electrons. The van der Waals surface area contributed by atoms with E-state index in [0.29, 0.717) is 5.41 Å². The number of nitrogens with one attached hydrogen (secondary N) is 1. The molecule has 2 saturated heterocycles. The van der Waals surface area contributed by atoms with Crippen molar-refractivity contribution in [1.82, 2.24) is 15.4 Å². The third-order valence-electron chi connectivity index (χ3n) is 4.41. The van der Waals surface area contributed by atoms with E-state index in [2.05, 4.69) is 15.4 Å². The molecule has 3 rings (SSSR count). The summed E-state index contributed by atoms with van der Waals surface area (Å²) >= 11 is 0. The van der Waals surface area contributed by atoms with Gasteiger partial charge in [-0.2, -0.15) is 0 Å². The zero-order chi connectivity index (χ0) is 11.9. The van der Waals surface area contributed by atoms with Gasteiger partial charge in [-0.15, -0.1) is 12.4 Å². The van der Waals surface area contributed by atoms with Crippen LogP contribution in [0.1, 0.15) is 29.9 Å². The van der Waals surface area contributed by atoms with Crippen molar-refractivity contribution in [2.24, 2.45) is 5.41 Å². The van der Waals surface area contributed by atoms with E-state index >= 15 is 0 Å². The Morgan fingerprint density at radius 3 is 2.83 bits per heavy atom. The first kappa shape index (κ1) is 13.8. The molecule has 1 aromatic rings. The highest BCUT2D eigenvalue weighted by molar-refractivity contribution is 5.85. The topological polar surface area (TPSA) is 41.3 Å². The summed E-state index contributed by atoms with van der Waals surface area (Å²) in [4.78, 5) is 2.56. The molecule has 1 unspecified atom stereocenters. The lowest BCUT2D eigenvalue weighted by Crippen LogP contribution is -2.29. The smallest absolute Gasteiger partial charge is 0.138 e. The van der Waals surface area contributed by atoms with Crippen molar-refractivity contribution in [3.8, 4) is 0 Å². The molecule has 3 heterocycles. The summed E-state index contributed by atoms with van der Waals surface area (Å²) in [7, 11) is 0. The number of aryl methyl sites for hydroxylation is 2. The van der Waals surface area contributed by atoms with Crippen LogP contribution in [-0.2, 0) is 6.54 Å². The van der Waals surface area contributed by atoms with E-state index in [1.165, 1.54) is 44.6 Å². The highest BCUT2D eigenvalue weighted by Crippen LogP contribution is 2.36. The van der Waals surface area contributed by atoms with Crippen molar-refractivity contribution >= 4 is 12.4 Å². The van der Waals surface area contributed by atoms with Gasteiger partial charge in [-0.05, 0) is 45.2 Å². The van der Waals surface area contributed by atoms with Crippen LogP contribution < -0.4 is 5.32 Å². The second-order valence-corrected chi connectivity index (χ2v) is 5.69. The summed E-state index contributed by atoms with van der Waals surface area (Å²) in [6, 6.07) is 0. The third kappa shape index (κ3) is 2.42. The van der Waals surface area contributed by atoms with Crippen LogP contribution in [0.25, 0.3) is 0 Å². The van der Waals surface area contributed by atoms with Crippen molar-refractivity contribution in [3.05, 3.63) is 17.0 Å². The number of nitrogens with zero attached hydrogens (tertiary/aromatic N) is 2. The fourth-order valence-electron chi connectivity index (χ4n) is 3.26. The Morgan fingerprint density at radius 2 is 2.22 bits per heavy atom. The fraction of sp³-hybridized carbons (Fsp3) is 0.769. The molecule has 1 atom stereocenters. The lowest BCUT2D eigenvalue weighted by Gasteiger charge is -2.22. The maximum atomic E-state index is 5.23. The first-order valence-corrected chi connectivity index (χ1v) is 6.53. The summed E-state index contributed by atoms with van der Waals surface area (Å²) in [5.41, 5.74) is 2.89. The molecule has 5 heteroatoms. The Hall–Kier alpha value is -0.580. The zero-order valence-electron chi connectivity index (χ0n) is 11.2. The molecular weight excluding hydrogens is 250 g/mol. The van der Waals surface area contributed by atoms with Crippen LogP contribution in [0, 0.1) is 19.3 Å². The zero-order valence-corrected chi connectivity index (χ0v) is 12.0. The van der Waals surface area contributed by atoms with Gasteiger partial charge in [0.15, 0.2) is 0 Å². The molecule has 1 N–H and O–H groups in total. The maximum absolute atomic E-state index is 5.23. The van der Waals surface area contributed by atoms with E-state index in [1.807, 2.05) is 13.8 Å². The summed E-state index contributed by atoms with van der Waals surface area (Å²) < 4.78 is 5.23. The summed E-state index contributed by atoms with van der Waals surface area (Å²) in [5.74, 6) is 0.980. The quantitative estimate of drug-likeness (QED) is 0.892. The molecule has 0 aromatic carbocycles. The molecule has 1 aromatic heterocycles. The SMILES string of the molecule is Cc1noc(C)c1CN1CCC2(CCNC2)C1.Cl. The van der Waals surface area contributed by atoms with Gasteiger partial charge < -0.3 is 9.84 Å². The average Bonchev–Trinajstić information content (AvgIpc) is 3.00. The Kier molecular flexibility index (Phi) is 3.99. The minimum absolute atomic E-state index is 0. The van der Waals surface area contributed by atoms with Gasteiger partial charge in [-0.1, -0.05) is 5.16 Å². The van der Waals surface area contributed by atoms with E-state index < -0.39 is 0 Å². The van der Waals surface area contributed by atoms with E-state index in [9.17, 15) is 0 Å². The lowest BCUT2D eigenvalue weighted by molar-refractivity contribution is 0.267. The van der Waals surface area contributed by atoms with E-state index in [-0.39, 0.29) is 12.4 Å². The van der Waals surface area contributed by atoms with Crippen LogP contribution in [-0.4, -0.2) is 36.2 Å². The second-order valence-electron chi connectivity index (χ2n) is 5.69.